The van der Waals surface area contributed by atoms with Gasteiger partial charge in [-0.25, -0.2) is 16.8 Å². The Balaban J connectivity index is 0.00000256. The quantitative estimate of drug-likeness (QED) is 0.168. The van der Waals surface area contributed by atoms with E-state index in [4.69, 9.17) is 10.5 Å². The molecule has 0 saturated carbocycles. The number of fused-ring (bicyclic) bond motifs is 1. The van der Waals surface area contributed by atoms with E-state index in [1.807, 2.05) is 0 Å². The molecule has 0 bridgehead atoms. The first-order valence-corrected chi connectivity index (χ1v) is 11.1. The maximum atomic E-state index is 11.6. The van der Waals surface area contributed by atoms with Crippen LogP contribution in [0.25, 0.3) is 10.8 Å². The van der Waals surface area contributed by atoms with Crippen LogP contribution in [-0.2, 0) is 20.2 Å². The largest absolute Gasteiger partial charge is 1.00 e. The summed E-state index contributed by atoms with van der Waals surface area (Å²) in [6.45, 7) is 1.77. The molecule has 0 aliphatic carbocycles. The van der Waals surface area contributed by atoms with Crippen LogP contribution in [-0.4, -0.2) is 33.1 Å². The second-order valence-electron chi connectivity index (χ2n) is 6.32. The molecule has 0 amide bonds. The zero-order valence-electron chi connectivity index (χ0n) is 17.7. The topological polar surface area (TPSA) is 174 Å². The van der Waals surface area contributed by atoms with E-state index in [9.17, 15) is 25.9 Å². The molecule has 0 saturated heterocycles. The average molecular weight is 495 g/mol. The molecular weight excluding hydrogens is 480 g/mol. The molecule has 3 aromatic carbocycles. The van der Waals surface area contributed by atoms with Gasteiger partial charge in [-0.15, -0.1) is 0 Å². The predicted molar refractivity (Wildman–Crippen MR) is 106 cm³/mol. The summed E-state index contributed by atoms with van der Waals surface area (Å²) < 4.78 is 73.8. The molecule has 0 fully saturated rings. The Morgan fingerprint density at radius 3 is 2.12 bits per heavy atom. The number of methoxy groups -OCH3 is 1. The number of rotatable bonds is 5. The number of ether oxygens (including phenoxy) is 1. The zero-order valence-corrected chi connectivity index (χ0v) is 23.3. The van der Waals surface area contributed by atoms with Crippen LogP contribution in [0.2, 0.25) is 0 Å². The maximum absolute atomic E-state index is 11.6. The zero-order chi connectivity index (χ0) is 22.3. The first-order chi connectivity index (χ1) is 13.9. The van der Waals surface area contributed by atoms with Gasteiger partial charge < -0.3 is 19.6 Å². The molecule has 3 aromatic rings. The Kier molecular flexibility index (Phi) is 9.88. The van der Waals surface area contributed by atoms with E-state index in [0.717, 1.165) is 11.6 Å². The molecule has 0 spiro atoms. The van der Waals surface area contributed by atoms with Crippen LogP contribution in [0.1, 0.15) is 5.56 Å². The van der Waals surface area contributed by atoms with Crippen LogP contribution in [0.5, 0.6) is 5.75 Å². The fraction of sp³-hybridized carbons (Fsp3) is 0.111. The summed E-state index contributed by atoms with van der Waals surface area (Å²) in [5, 5.41) is 8.10. The molecule has 14 heteroatoms. The van der Waals surface area contributed by atoms with Crippen molar-refractivity contribution in [3.8, 4) is 5.75 Å². The summed E-state index contributed by atoms with van der Waals surface area (Å²) in [5.41, 5.74) is 7.56. The monoisotopic (exact) mass is 495 g/mol. The second-order valence-corrected chi connectivity index (χ2v) is 9.04. The van der Waals surface area contributed by atoms with Crippen LogP contribution < -0.4 is 69.6 Å². The van der Waals surface area contributed by atoms with Gasteiger partial charge in [0.25, 0.3) is 0 Å². The average Bonchev–Trinajstić information content (AvgIpc) is 2.65. The minimum atomic E-state index is -5.07. The van der Waals surface area contributed by atoms with Crippen molar-refractivity contribution in [2.75, 3.05) is 12.8 Å². The van der Waals surface area contributed by atoms with E-state index in [1.165, 1.54) is 25.3 Å². The van der Waals surface area contributed by atoms with Crippen molar-refractivity contribution in [2.24, 2.45) is 10.2 Å². The molecule has 3 rings (SSSR count). The van der Waals surface area contributed by atoms with Crippen molar-refractivity contribution in [3.63, 3.8) is 0 Å². The number of aryl methyl sites for hydroxylation is 1. The van der Waals surface area contributed by atoms with Gasteiger partial charge in [0.1, 0.15) is 26.0 Å². The van der Waals surface area contributed by atoms with E-state index in [1.54, 1.807) is 19.1 Å². The Morgan fingerprint density at radius 2 is 1.56 bits per heavy atom. The molecule has 158 valence electrons. The van der Waals surface area contributed by atoms with E-state index in [2.05, 4.69) is 10.2 Å². The molecule has 32 heavy (non-hydrogen) atoms. The van der Waals surface area contributed by atoms with E-state index < -0.39 is 30.0 Å². The van der Waals surface area contributed by atoms with Crippen molar-refractivity contribution >= 4 is 48.1 Å². The molecule has 0 atom stereocenters. The Hall–Kier alpha value is -1.06. The third kappa shape index (κ3) is 6.50. The summed E-state index contributed by atoms with van der Waals surface area (Å²) in [7, 11) is -8.56. The Morgan fingerprint density at radius 1 is 0.906 bits per heavy atom. The predicted octanol–water partition coefficient (Wildman–Crippen LogP) is -3.03. The van der Waals surface area contributed by atoms with Crippen LogP contribution in [0.4, 0.5) is 17.1 Å². The van der Waals surface area contributed by atoms with Crippen LogP contribution in [0.3, 0.4) is 0 Å². The van der Waals surface area contributed by atoms with Crippen molar-refractivity contribution < 1.29 is 89.8 Å². The molecule has 0 aliphatic rings. The van der Waals surface area contributed by atoms with Gasteiger partial charge >= 0.3 is 59.1 Å². The molecule has 2 N–H and O–H groups in total. The van der Waals surface area contributed by atoms with Crippen molar-refractivity contribution in [1.82, 2.24) is 0 Å². The second kappa shape index (κ2) is 10.9. The third-order valence-electron chi connectivity index (χ3n) is 4.25. The number of hydrogen-bond donors (Lipinski definition) is 1. The van der Waals surface area contributed by atoms with Crippen molar-refractivity contribution in [3.05, 3.63) is 48.0 Å². The number of hydrogen-bond acceptors (Lipinski definition) is 10. The van der Waals surface area contributed by atoms with Gasteiger partial charge in [0.15, 0.2) is 0 Å². The van der Waals surface area contributed by atoms with Gasteiger partial charge in [0, 0.05) is 5.39 Å². The fourth-order valence-corrected chi connectivity index (χ4v) is 4.11. The first kappa shape index (κ1) is 29.0. The van der Waals surface area contributed by atoms with Crippen molar-refractivity contribution in [1.29, 1.82) is 0 Å². The van der Waals surface area contributed by atoms with E-state index in [0.29, 0.717) is 23.2 Å². The number of nitrogens with zero attached hydrogens (tertiary/aromatic N) is 2. The third-order valence-corrected chi connectivity index (χ3v) is 5.94. The number of nitrogens with two attached hydrogens (primary N) is 1. The summed E-state index contributed by atoms with van der Waals surface area (Å²) in [6, 6.07) is 8.78. The van der Waals surface area contributed by atoms with Gasteiger partial charge in [-0.05, 0) is 54.3 Å². The number of benzene rings is 3. The summed E-state index contributed by atoms with van der Waals surface area (Å²) in [4.78, 5) is -1.65. The minimum absolute atomic E-state index is 0. The maximum Gasteiger partial charge on any atom is 1.00 e. The van der Waals surface area contributed by atoms with Gasteiger partial charge in [-0.3, -0.25) is 0 Å². The van der Waals surface area contributed by atoms with Crippen LogP contribution >= 0.6 is 0 Å². The van der Waals surface area contributed by atoms with Crippen LogP contribution in [0, 0.1) is 6.92 Å². The molecule has 0 aliphatic heterocycles. The van der Waals surface area contributed by atoms with E-state index >= 15 is 0 Å². The Bertz CT molecular complexity index is 1410. The summed E-state index contributed by atoms with van der Waals surface area (Å²) >= 11 is 0. The molecule has 0 heterocycles. The molecule has 0 aromatic heterocycles. The van der Waals surface area contributed by atoms with Gasteiger partial charge in [0.05, 0.1) is 34.0 Å². The van der Waals surface area contributed by atoms with Gasteiger partial charge in [0.2, 0.25) is 0 Å². The molecule has 0 unspecified atom stereocenters. The first-order valence-electron chi connectivity index (χ1n) is 8.25. The standard InChI is InChI=1S/C18H17N3O7S2.2Na/c1-10-5-17(28-2)15(19)9-16(10)21-20-12-4-3-11-6-13(29(22,23)24)8-18(14(11)7-12)30(25,26)27;;/h3-9H,19H2,1-2H3,(H,22,23,24)(H,25,26,27);;/q;2*+1/p-2. The smallest absolute Gasteiger partial charge is 0.744 e. The summed E-state index contributed by atoms with van der Waals surface area (Å²) in [6.07, 6.45) is 0. The van der Waals surface area contributed by atoms with Crippen molar-refractivity contribution in [2.45, 2.75) is 16.7 Å². The number of anilines is 1. The van der Waals surface area contributed by atoms with Gasteiger partial charge in [-0.1, -0.05) is 6.07 Å². The van der Waals surface area contributed by atoms with Crippen LogP contribution in [0.15, 0.2) is 62.5 Å². The summed E-state index contributed by atoms with van der Waals surface area (Å²) in [5.74, 6) is 0.478. The molecular formula is C18H15N3Na2O7S2. The normalized spacial score (nSPS) is 11.8. The Labute approximate surface area is 229 Å². The molecule has 0 radical (unpaired) electrons. The SMILES string of the molecule is COc1cc(C)c(N=Nc2ccc3cc(S(=O)(=O)[O-])cc(S(=O)(=O)[O-])c3c2)cc1N.[Na+].[Na+]. The minimum Gasteiger partial charge on any atom is -0.744 e. The fourth-order valence-electron chi connectivity index (χ4n) is 2.78. The van der Waals surface area contributed by atoms with E-state index in [-0.39, 0.29) is 75.6 Å². The number of azo groups is 1. The van der Waals surface area contributed by atoms with Gasteiger partial charge in [-0.2, -0.15) is 10.2 Å². The number of nitrogen functional groups attached to an aromatic ring is 1. The molecule has 10 nitrogen and oxygen atoms in total.